The Kier molecular flexibility index (Phi) is 5.18. The first kappa shape index (κ1) is 21.4. The number of methoxy groups -OCH3 is 1. The molecule has 7 nitrogen and oxygen atoms in total. The summed E-state index contributed by atoms with van der Waals surface area (Å²) >= 11 is 2.80. The fourth-order valence-corrected chi connectivity index (χ4v) is 7.21. The van der Waals surface area contributed by atoms with Gasteiger partial charge in [0.2, 0.25) is 17.7 Å². The summed E-state index contributed by atoms with van der Waals surface area (Å²) in [7, 11) is 1.56. The van der Waals surface area contributed by atoms with E-state index >= 15 is 0 Å². The highest BCUT2D eigenvalue weighted by Crippen LogP contribution is 2.53. The molecule has 2 aromatic carbocycles. The molecular weight excluding hydrogens is 470 g/mol. The molecule has 6 rings (SSSR count). The monoisotopic (exact) mass is 491 g/mol. The van der Waals surface area contributed by atoms with E-state index in [9.17, 15) is 14.4 Å². The van der Waals surface area contributed by atoms with Gasteiger partial charge in [0.15, 0.2) is 4.34 Å². The van der Waals surface area contributed by atoms with Gasteiger partial charge in [0.1, 0.15) is 5.75 Å². The molecule has 4 atom stereocenters. The van der Waals surface area contributed by atoms with Gasteiger partial charge >= 0.3 is 0 Å². The molecule has 2 bridgehead atoms. The van der Waals surface area contributed by atoms with Crippen molar-refractivity contribution >= 4 is 62.4 Å². The number of benzene rings is 2. The molecule has 1 saturated heterocycles. The van der Waals surface area contributed by atoms with Crippen LogP contribution in [0.1, 0.15) is 6.42 Å². The van der Waals surface area contributed by atoms with Crippen molar-refractivity contribution in [2.24, 2.45) is 23.7 Å². The zero-order chi connectivity index (χ0) is 23.4. The van der Waals surface area contributed by atoms with Crippen LogP contribution in [0.5, 0.6) is 5.75 Å². The highest BCUT2D eigenvalue weighted by atomic mass is 32.2. The number of ether oxygens (including phenoxy) is 1. The lowest BCUT2D eigenvalue weighted by Crippen LogP contribution is -2.32. The summed E-state index contributed by atoms with van der Waals surface area (Å²) < 4.78 is 6.90. The summed E-state index contributed by atoms with van der Waals surface area (Å²) in [6, 6.07) is 12.7. The Balaban J connectivity index is 1.16. The summed E-state index contributed by atoms with van der Waals surface area (Å²) in [5, 5.41) is 2.86. The Bertz CT molecular complexity index is 1340. The number of allylic oxidation sites excluding steroid dienone is 2. The number of nitrogens with one attached hydrogen (secondary N) is 1. The molecule has 2 heterocycles. The minimum absolute atomic E-state index is 0.0849. The highest BCUT2D eigenvalue weighted by molar-refractivity contribution is 8.01. The lowest BCUT2D eigenvalue weighted by atomic mass is 9.85. The number of aromatic nitrogens is 1. The van der Waals surface area contributed by atoms with Gasteiger partial charge in [-0.25, -0.2) is 9.88 Å². The quantitative estimate of drug-likeness (QED) is 0.313. The molecule has 0 radical (unpaired) electrons. The van der Waals surface area contributed by atoms with Crippen LogP contribution >= 0.6 is 23.1 Å². The predicted octanol–water partition coefficient (Wildman–Crippen LogP) is 4.35. The second-order valence-electron chi connectivity index (χ2n) is 8.68. The fraction of sp³-hybridized carbons (Fsp3) is 0.280. The normalized spacial score (nSPS) is 24.8. The van der Waals surface area contributed by atoms with Crippen LogP contribution in [0.2, 0.25) is 0 Å². The topological polar surface area (TPSA) is 88.6 Å². The molecule has 2 aliphatic carbocycles. The second-order valence-corrected chi connectivity index (χ2v) is 10.9. The molecule has 0 spiro atoms. The zero-order valence-electron chi connectivity index (χ0n) is 18.3. The first-order chi connectivity index (χ1) is 16.5. The molecule has 34 heavy (non-hydrogen) atoms. The molecule has 1 aliphatic heterocycles. The number of imide groups is 1. The lowest BCUT2D eigenvalue weighted by molar-refractivity contribution is -0.123. The van der Waals surface area contributed by atoms with Crippen LogP contribution in [0.4, 0.5) is 11.4 Å². The maximum atomic E-state index is 13.1. The van der Waals surface area contributed by atoms with Crippen molar-refractivity contribution in [3.05, 3.63) is 54.6 Å². The lowest BCUT2D eigenvalue weighted by Gasteiger charge is -2.17. The Morgan fingerprint density at radius 1 is 1.15 bits per heavy atom. The van der Waals surface area contributed by atoms with E-state index in [2.05, 4.69) is 22.5 Å². The predicted molar refractivity (Wildman–Crippen MR) is 132 cm³/mol. The van der Waals surface area contributed by atoms with E-state index in [1.807, 2.05) is 24.3 Å². The van der Waals surface area contributed by atoms with E-state index in [4.69, 9.17) is 4.74 Å². The number of carbonyl (C=O) groups is 3. The molecule has 172 valence electrons. The zero-order valence-corrected chi connectivity index (χ0v) is 19.9. The van der Waals surface area contributed by atoms with Gasteiger partial charge < -0.3 is 10.1 Å². The Hall–Kier alpha value is -3.17. The maximum Gasteiger partial charge on any atom is 0.238 e. The summed E-state index contributed by atoms with van der Waals surface area (Å²) in [6.07, 6.45) is 5.11. The van der Waals surface area contributed by atoms with Crippen LogP contribution in [0.15, 0.2) is 59.0 Å². The minimum Gasteiger partial charge on any atom is -0.495 e. The molecule has 1 aromatic heterocycles. The van der Waals surface area contributed by atoms with E-state index in [0.29, 0.717) is 17.1 Å². The largest absolute Gasteiger partial charge is 0.495 e. The Morgan fingerprint density at radius 2 is 1.88 bits per heavy atom. The second kappa shape index (κ2) is 8.25. The number of carbonyl (C=O) groups excluding carboxylic acids is 3. The average Bonchev–Trinajstić information content (AvgIpc) is 3.60. The molecule has 1 N–H and O–H groups in total. The molecule has 0 unspecified atom stereocenters. The number of rotatable bonds is 6. The van der Waals surface area contributed by atoms with E-state index < -0.39 is 0 Å². The van der Waals surface area contributed by atoms with E-state index in [1.165, 1.54) is 28.0 Å². The van der Waals surface area contributed by atoms with Crippen molar-refractivity contribution in [1.29, 1.82) is 0 Å². The van der Waals surface area contributed by atoms with Crippen molar-refractivity contribution in [2.75, 3.05) is 23.1 Å². The summed E-state index contributed by atoms with van der Waals surface area (Å²) in [5.74, 6) is 0.427. The van der Waals surface area contributed by atoms with Crippen molar-refractivity contribution in [1.82, 2.24) is 4.98 Å². The third kappa shape index (κ3) is 3.42. The third-order valence-electron chi connectivity index (χ3n) is 6.79. The fourth-order valence-electron chi connectivity index (χ4n) is 5.31. The summed E-state index contributed by atoms with van der Waals surface area (Å²) in [5.41, 5.74) is 2.01. The summed E-state index contributed by atoms with van der Waals surface area (Å²) in [6.45, 7) is 0. The van der Waals surface area contributed by atoms with Crippen molar-refractivity contribution in [2.45, 2.75) is 10.8 Å². The van der Waals surface area contributed by atoms with Crippen LogP contribution < -0.4 is 15.0 Å². The standard InChI is InChI=1S/C25H21N3O4S2/c1-32-18-5-3-2-4-16(18)26-20(29)12-33-25-27-17-9-8-15(11-19(17)34-25)28-23(30)21-13-6-7-14(10-13)22(21)24(28)31/h2-9,11,13-14,21-22H,10,12H2,1H3,(H,26,29)/t13-,14-,21-,22+/m0/s1. The van der Waals surface area contributed by atoms with Crippen LogP contribution in [-0.2, 0) is 14.4 Å². The molecule has 2 fully saturated rings. The first-order valence-electron chi connectivity index (χ1n) is 11.1. The van der Waals surface area contributed by atoms with Gasteiger partial charge in [-0.2, -0.15) is 0 Å². The summed E-state index contributed by atoms with van der Waals surface area (Å²) in [4.78, 5) is 44.6. The number of anilines is 2. The van der Waals surface area contributed by atoms with Crippen LogP contribution in [0.3, 0.4) is 0 Å². The van der Waals surface area contributed by atoms with Gasteiger partial charge in [-0.05, 0) is 48.6 Å². The maximum absolute atomic E-state index is 13.1. The number of fused-ring (bicyclic) bond motifs is 6. The van der Waals surface area contributed by atoms with Gasteiger partial charge in [0.25, 0.3) is 0 Å². The molecule has 1 saturated carbocycles. The van der Waals surface area contributed by atoms with Gasteiger partial charge in [0, 0.05) is 0 Å². The number of para-hydroxylation sites is 2. The van der Waals surface area contributed by atoms with Crippen molar-refractivity contribution in [3.8, 4) is 5.75 Å². The van der Waals surface area contributed by atoms with Crippen LogP contribution in [0, 0.1) is 23.7 Å². The number of thiazole rings is 1. The van der Waals surface area contributed by atoms with E-state index in [1.54, 1.807) is 25.3 Å². The molecule has 3 amide bonds. The molecule has 9 heteroatoms. The minimum atomic E-state index is -0.215. The number of amides is 3. The molecule has 3 aliphatic rings. The van der Waals surface area contributed by atoms with Crippen LogP contribution in [0.25, 0.3) is 10.2 Å². The van der Waals surface area contributed by atoms with Gasteiger partial charge in [-0.3, -0.25) is 14.4 Å². The number of thioether (sulfide) groups is 1. The Morgan fingerprint density at radius 3 is 2.62 bits per heavy atom. The number of hydrogen-bond donors (Lipinski definition) is 1. The van der Waals surface area contributed by atoms with Gasteiger partial charge in [-0.15, -0.1) is 11.3 Å². The molecule has 3 aromatic rings. The molecular formula is C25H21N3O4S2. The SMILES string of the molecule is COc1ccccc1NC(=O)CSc1nc2ccc(N3C(=O)[C@@H]4[C@H](C3=O)[C@H]3C=C[C@H]4C3)cc2s1. The third-order valence-corrected chi connectivity index (χ3v) is 8.95. The van der Waals surface area contributed by atoms with Crippen molar-refractivity contribution in [3.63, 3.8) is 0 Å². The van der Waals surface area contributed by atoms with Gasteiger partial charge in [-0.1, -0.05) is 36.0 Å². The van der Waals surface area contributed by atoms with Gasteiger partial charge in [0.05, 0.1) is 46.3 Å². The number of hydrogen-bond acceptors (Lipinski definition) is 7. The number of nitrogens with zero attached hydrogens (tertiary/aromatic N) is 2. The van der Waals surface area contributed by atoms with E-state index in [0.717, 1.165) is 21.0 Å². The highest BCUT2D eigenvalue weighted by Gasteiger charge is 2.59. The van der Waals surface area contributed by atoms with E-state index in [-0.39, 0.29) is 47.1 Å². The average molecular weight is 492 g/mol. The first-order valence-corrected chi connectivity index (χ1v) is 12.9. The smallest absolute Gasteiger partial charge is 0.238 e. The van der Waals surface area contributed by atoms with Crippen LogP contribution in [-0.4, -0.2) is 35.6 Å². The Labute approximate surface area is 204 Å². The van der Waals surface area contributed by atoms with Crippen molar-refractivity contribution < 1.29 is 19.1 Å².